The Morgan fingerprint density at radius 3 is 2.57 bits per heavy atom. The van der Waals surface area contributed by atoms with E-state index in [4.69, 9.17) is 10.5 Å². The number of hydrogen-bond acceptors (Lipinski definition) is 3. The van der Waals surface area contributed by atoms with Crippen LogP contribution in [0.3, 0.4) is 0 Å². The first-order valence-corrected chi connectivity index (χ1v) is 7.90. The summed E-state index contributed by atoms with van der Waals surface area (Å²) in [5.74, 6) is 0.590. The highest BCUT2D eigenvalue weighted by atomic mass is 16.5. The second kappa shape index (κ2) is 6.16. The van der Waals surface area contributed by atoms with Gasteiger partial charge in [0.25, 0.3) is 0 Å². The lowest BCUT2D eigenvalue weighted by Gasteiger charge is -2.21. The van der Waals surface area contributed by atoms with Crippen LogP contribution in [0, 0.1) is 12.8 Å². The van der Waals surface area contributed by atoms with Gasteiger partial charge in [-0.1, -0.05) is 29.8 Å². The Kier molecular flexibility index (Phi) is 4.27. The zero-order valence-corrected chi connectivity index (χ0v) is 12.5. The van der Waals surface area contributed by atoms with Gasteiger partial charge in [-0.3, -0.25) is 4.79 Å². The molecule has 2 fully saturated rings. The molecule has 3 N–H and O–H groups in total. The molecule has 1 aliphatic heterocycles. The fourth-order valence-electron chi connectivity index (χ4n) is 2.99. The van der Waals surface area contributed by atoms with Crippen molar-refractivity contribution in [1.29, 1.82) is 0 Å². The Bertz CT molecular complexity index is 496. The fraction of sp³-hybridized carbons (Fsp3) is 0.588. The molecule has 1 saturated carbocycles. The van der Waals surface area contributed by atoms with Crippen molar-refractivity contribution >= 4 is 5.91 Å². The summed E-state index contributed by atoms with van der Waals surface area (Å²) in [7, 11) is 0. The molecule has 0 spiro atoms. The maximum Gasteiger partial charge on any atom is 0.249 e. The van der Waals surface area contributed by atoms with Crippen molar-refractivity contribution in [2.45, 2.75) is 50.9 Å². The van der Waals surface area contributed by atoms with E-state index >= 15 is 0 Å². The number of nitrogens with two attached hydrogens (primary N) is 1. The number of hydrogen-bond donors (Lipinski definition) is 2. The van der Waals surface area contributed by atoms with Gasteiger partial charge < -0.3 is 15.8 Å². The molecule has 21 heavy (non-hydrogen) atoms. The van der Waals surface area contributed by atoms with Gasteiger partial charge in [0, 0.05) is 6.54 Å². The lowest BCUT2D eigenvalue weighted by molar-refractivity contribution is -0.132. The van der Waals surface area contributed by atoms with E-state index in [0.717, 1.165) is 12.8 Å². The maximum absolute atomic E-state index is 12.4. The van der Waals surface area contributed by atoms with Crippen LogP contribution in [0.1, 0.15) is 42.9 Å². The van der Waals surface area contributed by atoms with Crippen molar-refractivity contribution in [3.63, 3.8) is 0 Å². The molecule has 1 aromatic carbocycles. The van der Waals surface area contributed by atoms with E-state index in [1.165, 1.54) is 24.0 Å². The quantitative estimate of drug-likeness (QED) is 0.872. The highest BCUT2D eigenvalue weighted by Gasteiger charge is 2.36. The van der Waals surface area contributed by atoms with Gasteiger partial charge in [-0.15, -0.1) is 0 Å². The average Bonchev–Trinajstić information content (AvgIpc) is 3.22. The molecule has 1 heterocycles. The van der Waals surface area contributed by atoms with E-state index in [1.54, 1.807) is 0 Å². The number of amides is 1. The molecule has 0 bridgehead atoms. The molecule has 1 unspecified atom stereocenters. The zero-order chi connectivity index (χ0) is 14.8. The lowest BCUT2D eigenvalue weighted by atomic mass is 10.0. The van der Waals surface area contributed by atoms with Crippen LogP contribution in [0.15, 0.2) is 24.3 Å². The van der Waals surface area contributed by atoms with Gasteiger partial charge in [-0.25, -0.2) is 0 Å². The van der Waals surface area contributed by atoms with Gasteiger partial charge >= 0.3 is 0 Å². The highest BCUT2D eigenvalue weighted by Crippen LogP contribution is 2.41. The summed E-state index contributed by atoms with van der Waals surface area (Å²) in [5, 5.41) is 3.20. The van der Waals surface area contributed by atoms with Crippen LogP contribution in [-0.4, -0.2) is 24.7 Å². The molecule has 1 saturated heterocycles. The van der Waals surface area contributed by atoms with Crippen LogP contribution in [0.25, 0.3) is 0 Å². The molecule has 1 aromatic rings. The molecule has 1 aliphatic carbocycles. The molecular formula is C17H24N2O2. The standard InChI is InChI=1S/C17H24N2O2/c1-11-2-4-12(5-3-11)16(13-6-7-13)19-17(20)15-9-8-14(10-18)21-15/h2-5,13-16H,6-10,18H2,1H3,(H,19,20)/t14-,15+,16?/m1/s1. The van der Waals surface area contributed by atoms with Gasteiger partial charge in [0.2, 0.25) is 5.91 Å². The Labute approximate surface area is 126 Å². The summed E-state index contributed by atoms with van der Waals surface area (Å²) >= 11 is 0. The smallest absolute Gasteiger partial charge is 0.249 e. The Balaban J connectivity index is 1.65. The predicted octanol–water partition coefficient (Wildman–Crippen LogP) is 2.07. The third kappa shape index (κ3) is 3.44. The Morgan fingerprint density at radius 2 is 2.00 bits per heavy atom. The van der Waals surface area contributed by atoms with Gasteiger partial charge in [-0.2, -0.15) is 0 Å². The Hall–Kier alpha value is -1.39. The maximum atomic E-state index is 12.4. The van der Waals surface area contributed by atoms with Crippen molar-refractivity contribution in [3.05, 3.63) is 35.4 Å². The molecule has 1 amide bonds. The minimum Gasteiger partial charge on any atom is -0.364 e. The summed E-state index contributed by atoms with van der Waals surface area (Å²) in [4.78, 5) is 12.4. The molecular weight excluding hydrogens is 264 g/mol. The van der Waals surface area contributed by atoms with E-state index < -0.39 is 0 Å². The SMILES string of the molecule is Cc1ccc(C(NC(=O)[C@@H]2CC[C@H](CN)O2)C2CC2)cc1. The van der Waals surface area contributed by atoms with Crippen LogP contribution < -0.4 is 11.1 Å². The molecule has 4 nitrogen and oxygen atoms in total. The third-order valence-electron chi connectivity index (χ3n) is 4.49. The fourth-order valence-corrected chi connectivity index (χ4v) is 2.99. The number of carbonyl (C=O) groups is 1. The first-order valence-electron chi connectivity index (χ1n) is 7.90. The van der Waals surface area contributed by atoms with Crippen LogP contribution in [-0.2, 0) is 9.53 Å². The third-order valence-corrected chi connectivity index (χ3v) is 4.49. The van der Waals surface area contributed by atoms with Crippen LogP contribution in [0.5, 0.6) is 0 Å². The largest absolute Gasteiger partial charge is 0.364 e. The minimum atomic E-state index is -0.328. The summed E-state index contributed by atoms with van der Waals surface area (Å²) in [6.45, 7) is 2.57. The van der Waals surface area contributed by atoms with Gasteiger partial charge in [-0.05, 0) is 44.1 Å². The molecule has 4 heteroatoms. The number of rotatable bonds is 5. The molecule has 114 valence electrons. The van der Waals surface area contributed by atoms with Gasteiger partial charge in [0.15, 0.2) is 0 Å². The highest BCUT2D eigenvalue weighted by molar-refractivity contribution is 5.81. The average molecular weight is 288 g/mol. The molecule has 2 aliphatic rings. The number of aryl methyl sites for hydroxylation is 1. The summed E-state index contributed by atoms with van der Waals surface area (Å²) in [6, 6.07) is 8.58. The van der Waals surface area contributed by atoms with Crippen molar-refractivity contribution in [2.24, 2.45) is 11.7 Å². The minimum absolute atomic E-state index is 0.0171. The van der Waals surface area contributed by atoms with Gasteiger partial charge in [0.1, 0.15) is 6.10 Å². The van der Waals surface area contributed by atoms with E-state index in [2.05, 4.69) is 36.5 Å². The number of carbonyl (C=O) groups excluding carboxylic acids is 1. The van der Waals surface area contributed by atoms with Crippen molar-refractivity contribution in [1.82, 2.24) is 5.32 Å². The second-order valence-corrected chi connectivity index (χ2v) is 6.29. The van der Waals surface area contributed by atoms with Crippen LogP contribution >= 0.6 is 0 Å². The summed E-state index contributed by atoms with van der Waals surface area (Å²) in [5.41, 5.74) is 8.04. The number of benzene rings is 1. The summed E-state index contributed by atoms with van der Waals surface area (Å²) < 4.78 is 5.69. The van der Waals surface area contributed by atoms with E-state index in [9.17, 15) is 4.79 Å². The van der Waals surface area contributed by atoms with Crippen LogP contribution in [0.2, 0.25) is 0 Å². The van der Waals surface area contributed by atoms with E-state index in [0.29, 0.717) is 12.5 Å². The van der Waals surface area contributed by atoms with Crippen molar-refractivity contribution < 1.29 is 9.53 Å². The Morgan fingerprint density at radius 1 is 1.29 bits per heavy atom. The number of nitrogens with one attached hydrogen (secondary N) is 1. The second-order valence-electron chi connectivity index (χ2n) is 6.29. The normalized spacial score (nSPS) is 26.6. The monoisotopic (exact) mass is 288 g/mol. The van der Waals surface area contributed by atoms with Gasteiger partial charge in [0.05, 0.1) is 12.1 Å². The first-order chi connectivity index (χ1) is 10.2. The molecule has 3 atom stereocenters. The summed E-state index contributed by atoms with van der Waals surface area (Å²) in [6.07, 6.45) is 3.75. The predicted molar refractivity (Wildman–Crippen MR) is 81.7 cm³/mol. The number of ether oxygens (including phenoxy) is 1. The molecule has 0 radical (unpaired) electrons. The zero-order valence-electron chi connectivity index (χ0n) is 12.5. The van der Waals surface area contributed by atoms with E-state index in [-0.39, 0.29) is 24.2 Å². The van der Waals surface area contributed by atoms with Crippen molar-refractivity contribution in [2.75, 3.05) is 6.54 Å². The molecule has 3 rings (SSSR count). The lowest BCUT2D eigenvalue weighted by Crippen LogP contribution is -2.38. The van der Waals surface area contributed by atoms with Crippen LogP contribution in [0.4, 0.5) is 0 Å². The topological polar surface area (TPSA) is 64.4 Å². The van der Waals surface area contributed by atoms with E-state index in [1.807, 2.05) is 0 Å². The van der Waals surface area contributed by atoms with Crippen molar-refractivity contribution in [3.8, 4) is 0 Å². The first kappa shape index (κ1) is 14.5. The molecule has 0 aromatic heterocycles.